The highest BCUT2D eigenvalue weighted by Gasteiger charge is 2.23. The van der Waals surface area contributed by atoms with Gasteiger partial charge in [-0.3, -0.25) is 14.3 Å². The molecule has 0 amide bonds. The molecule has 162 valence electrons. The highest BCUT2D eigenvalue weighted by Crippen LogP contribution is 2.38. The number of fused-ring (bicyclic) bond motifs is 1. The van der Waals surface area contributed by atoms with E-state index in [0.29, 0.717) is 5.69 Å². The third-order valence-corrected chi connectivity index (χ3v) is 6.17. The Labute approximate surface area is 196 Å². The number of allylic oxidation sites excluding steroid dienone is 1. The van der Waals surface area contributed by atoms with Crippen molar-refractivity contribution in [2.45, 2.75) is 13.8 Å². The van der Waals surface area contributed by atoms with Crippen LogP contribution in [-0.2, 0) is 0 Å². The first-order valence-corrected chi connectivity index (χ1v) is 11.0. The van der Waals surface area contributed by atoms with Crippen molar-refractivity contribution in [3.8, 4) is 11.6 Å². The molecule has 0 saturated carbocycles. The van der Waals surface area contributed by atoms with E-state index in [1.54, 1.807) is 6.08 Å². The maximum absolute atomic E-state index is 12.9. The van der Waals surface area contributed by atoms with E-state index in [1.807, 2.05) is 86.6 Å². The second-order valence-corrected chi connectivity index (χ2v) is 8.39. The molecule has 0 atom stereocenters. The zero-order chi connectivity index (χ0) is 23.1. The standard InChI is InChI=1S/C27H21N3O2S/c1-16-12-13-19(14-17(16)2)30-26(32)22(25(31)29-27(30)33)15-21-20-10-6-7-11-23(20)28-24(21)18-8-4-3-5-9-18/h3-15,32H,1-2H3,(H,29,31,33)/b21-15-. The summed E-state index contributed by atoms with van der Waals surface area (Å²) in [6, 6.07) is 23.3. The molecule has 0 unspecified atom stereocenters. The molecule has 2 N–H and O–H groups in total. The van der Waals surface area contributed by atoms with Crippen LogP contribution < -0.4 is 5.56 Å². The summed E-state index contributed by atoms with van der Waals surface area (Å²) in [5, 5.41) is 11.2. The maximum atomic E-state index is 12.9. The van der Waals surface area contributed by atoms with Crippen LogP contribution >= 0.6 is 12.2 Å². The number of aromatic amines is 1. The number of hydrogen-bond donors (Lipinski definition) is 2. The molecule has 0 fully saturated rings. The lowest BCUT2D eigenvalue weighted by molar-refractivity contribution is 0.432. The van der Waals surface area contributed by atoms with Crippen molar-refractivity contribution in [1.29, 1.82) is 0 Å². The van der Waals surface area contributed by atoms with Gasteiger partial charge in [0.25, 0.3) is 5.56 Å². The molecule has 0 bridgehead atoms. The molecule has 4 aromatic rings. The molecule has 33 heavy (non-hydrogen) atoms. The maximum Gasteiger partial charge on any atom is 0.262 e. The van der Waals surface area contributed by atoms with Crippen LogP contribution in [0.5, 0.6) is 5.88 Å². The average Bonchev–Trinajstić information content (AvgIpc) is 3.18. The number of aryl methyl sites for hydroxylation is 2. The number of hydrogen-bond acceptors (Lipinski definition) is 4. The van der Waals surface area contributed by atoms with Crippen molar-refractivity contribution >= 4 is 35.3 Å². The van der Waals surface area contributed by atoms with Crippen LogP contribution in [0.2, 0.25) is 0 Å². The number of rotatable bonds is 3. The van der Waals surface area contributed by atoms with Crippen LogP contribution in [0.4, 0.5) is 5.69 Å². The summed E-state index contributed by atoms with van der Waals surface area (Å²) >= 11 is 5.39. The summed E-state index contributed by atoms with van der Waals surface area (Å²) in [6.07, 6.45) is 1.69. The Morgan fingerprint density at radius 1 is 0.970 bits per heavy atom. The number of para-hydroxylation sites is 1. The van der Waals surface area contributed by atoms with Crippen LogP contribution in [0.3, 0.4) is 0 Å². The fourth-order valence-corrected chi connectivity index (χ4v) is 4.27. The van der Waals surface area contributed by atoms with Gasteiger partial charge in [0, 0.05) is 16.7 Å². The third-order valence-electron chi connectivity index (χ3n) is 5.89. The highest BCUT2D eigenvalue weighted by molar-refractivity contribution is 7.71. The fraction of sp³-hybridized carbons (Fsp3) is 0.0741. The van der Waals surface area contributed by atoms with Gasteiger partial charge in [-0.2, -0.15) is 0 Å². The molecular weight excluding hydrogens is 430 g/mol. The van der Waals surface area contributed by atoms with Gasteiger partial charge in [-0.15, -0.1) is 0 Å². The molecule has 1 aromatic heterocycles. The van der Waals surface area contributed by atoms with Gasteiger partial charge in [-0.05, 0) is 61.5 Å². The van der Waals surface area contributed by atoms with Crippen molar-refractivity contribution in [3.63, 3.8) is 0 Å². The lowest BCUT2D eigenvalue weighted by Gasteiger charge is -2.14. The van der Waals surface area contributed by atoms with E-state index in [1.165, 1.54) is 4.57 Å². The summed E-state index contributed by atoms with van der Waals surface area (Å²) < 4.78 is 1.61. The predicted molar refractivity (Wildman–Crippen MR) is 135 cm³/mol. The topological polar surface area (TPSA) is 70.4 Å². The van der Waals surface area contributed by atoms with Gasteiger partial charge in [-0.1, -0.05) is 54.6 Å². The van der Waals surface area contributed by atoms with Crippen LogP contribution in [0.1, 0.15) is 27.8 Å². The number of aliphatic imine (C=N–C) groups is 1. The van der Waals surface area contributed by atoms with Gasteiger partial charge in [0.1, 0.15) is 5.56 Å². The van der Waals surface area contributed by atoms with E-state index in [0.717, 1.165) is 39.2 Å². The average molecular weight is 452 g/mol. The molecule has 6 heteroatoms. The molecule has 1 aliphatic heterocycles. The van der Waals surface area contributed by atoms with Gasteiger partial charge in [-0.25, -0.2) is 4.99 Å². The monoisotopic (exact) mass is 451 g/mol. The first-order chi connectivity index (χ1) is 15.9. The van der Waals surface area contributed by atoms with Crippen molar-refractivity contribution in [2.75, 3.05) is 0 Å². The molecule has 0 saturated heterocycles. The van der Waals surface area contributed by atoms with Gasteiger partial charge in [0.2, 0.25) is 5.88 Å². The van der Waals surface area contributed by atoms with Gasteiger partial charge in [0.05, 0.1) is 17.1 Å². The number of aromatic hydroxyl groups is 1. The summed E-state index contributed by atoms with van der Waals surface area (Å²) in [7, 11) is 0. The third kappa shape index (κ3) is 3.64. The molecule has 5 nitrogen and oxygen atoms in total. The van der Waals surface area contributed by atoms with Crippen LogP contribution in [-0.4, -0.2) is 20.4 Å². The number of nitrogens with zero attached hydrogens (tertiary/aromatic N) is 2. The largest absolute Gasteiger partial charge is 0.494 e. The van der Waals surface area contributed by atoms with E-state index >= 15 is 0 Å². The minimum absolute atomic E-state index is 0.122. The van der Waals surface area contributed by atoms with Crippen molar-refractivity contribution in [2.24, 2.45) is 4.99 Å². The second-order valence-electron chi connectivity index (χ2n) is 8.00. The Morgan fingerprint density at radius 3 is 2.45 bits per heavy atom. The Hall–Kier alpha value is -4.03. The lowest BCUT2D eigenvalue weighted by Crippen LogP contribution is -2.16. The quantitative estimate of drug-likeness (QED) is 0.382. The molecule has 0 aliphatic carbocycles. The Kier molecular flexibility index (Phi) is 5.15. The Bertz CT molecular complexity index is 1580. The molecule has 0 radical (unpaired) electrons. The van der Waals surface area contributed by atoms with E-state index in [-0.39, 0.29) is 16.2 Å². The van der Waals surface area contributed by atoms with Gasteiger partial charge < -0.3 is 5.11 Å². The second kappa shape index (κ2) is 8.15. The minimum atomic E-state index is -0.457. The summed E-state index contributed by atoms with van der Waals surface area (Å²) in [5.74, 6) is -0.212. The Balaban J connectivity index is 1.75. The molecule has 5 rings (SSSR count). The van der Waals surface area contributed by atoms with E-state index < -0.39 is 5.56 Å². The van der Waals surface area contributed by atoms with Crippen LogP contribution in [0, 0.1) is 18.6 Å². The van der Waals surface area contributed by atoms with E-state index in [4.69, 9.17) is 17.2 Å². The number of nitrogens with one attached hydrogen (secondary N) is 1. The van der Waals surface area contributed by atoms with Crippen LogP contribution in [0.15, 0.2) is 82.6 Å². The minimum Gasteiger partial charge on any atom is -0.494 e. The number of aromatic nitrogens is 2. The van der Waals surface area contributed by atoms with Crippen molar-refractivity contribution in [1.82, 2.24) is 9.55 Å². The summed E-state index contributed by atoms with van der Waals surface area (Å²) in [6.45, 7) is 4.01. The zero-order valence-electron chi connectivity index (χ0n) is 18.2. The lowest BCUT2D eigenvalue weighted by atomic mass is 9.96. The van der Waals surface area contributed by atoms with Crippen LogP contribution in [0.25, 0.3) is 17.3 Å². The van der Waals surface area contributed by atoms with Gasteiger partial charge >= 0.3 is 0 Å². The summed E-state index contributed by atoms with van der Waals surface area (Å²) in [5.41, 5.74) is 6.69. The zero-order valence-corrected chi connectivity index (χ0v) is 19.0. The molecule has 2 heterocycles. The smallest absolute Gasteiger partial charge is 0.262 e. The predicted octanol–water partition coefficient (Wildman–Crippen LogP) is 5.89. The highest BCUT2D eigenvalue weighted by atomic mass is 32.1. The fourth-order valence-electron chi connectivity index (χ4n) is 3.99. The molecular formula is C27H21N3O2S. The molecule has 3 aromatic carbocycles. The number of benzene rings is 3. The number of H-pyrrole nitrogens is 1. The van der Waals surface area contributed by atoms with Crippen molar-refractivity contribution in [3.05, 3.63) is 116 Å². The normalized spacial score (nSPS) is 13.8. The van der Waals surface area contributed by atoms with Crippen molar-refractivity contribution < 1.29 is 5.11 Å². The Morgan fingerprint density at radius 2 is 1.70 bits per heavy atom. The summed E-state index contributed by atoms with van der Waals surface area (Å²) in [4.78, 5) is 20.4. The van der Waals surface area contributed by atoms with Gasteiger partial charge in [0.15, 0.2) is 4.77 Å². The SMILES string of the molecule is Cc1ccc(-n2c(O)c(/C=C3\C(c4ccccc4)=Nc4ccccc43)c(=O)[nH]c2=S)cc1C. The first-order valence-electron chi connectivity index (χ1n) is 10.6. The molecule has 1 aliphatic rings. The molecule has 0 spiro atoms. The van der Waals surface area contributed by atoms with E-state index in [9.17, 15) is 9.90 Å². The first kappa shape index (κ1) is 20.8. The van der Waals surface area contributed by atoms with E-state index in [2.05, 4.69) is 4.98 Å².